The quantitative estimate of drug-likeness (QED) is 0.524. The molecule has 24 heavy (non-hydrogen) atoms. The van der Waals surface area contributed by atoms with Gasteiger partial charge in [-0.2, -0.15) is 0 Å². The number of fused-ring (bicyclic) bond motifs is 1. The zero-order valence-corrected chi connectivity index (χ0v) is 16.6. The molecule has 1 aliphatic rings. The summed E-state index contributed by atoms with van der Waals surface area (Å²) in [4.78, 5) is 6.83. The summed E-state index contributed by atoms with van der Waals surface area (Å²) < 4.78 is 0.966. The van der Waals surface area contributed by atoms with E-state index in [1.807, 2.05) is 36.5 Å². The summed E-state index contributed by atoms with van der Waals surface area (Å²) in [5.74, 6) is 0. The molecule has 0 amide bonds. The predicted octanol–water partition coefficient (Wildman–Crippen LogP) is 6.48. The third-order valence-corrected chi connectivity index (χ3v) is 5.53. The maximum absolute atomic E-state index is 6.52. The molecule has 2 aromatic rings. The second-order valence-electron chi connectivity index (χ2n) is 6.64. The highest BCUT2D eigenvalue weighted by atomic mass is 79.9. The van der Waals surface area contributed by atoms with Crippen molar-refractivity contribution in [3.63, 3.8) is 0 Å². The van der Waals surface area contributed by atoms with Crippen LogP contribution in [0, 0.1) is 0 Å². The van der Waals surface area contributed by atoms with Gasteiger partial charge < -0.3 is 4.90 Å². The van der Waals surface area contributed by atoms with Gasteiger partial charge in [0.05, 0.1) is 16.2 Å². The second-order valence-corrected chi connectivity index (χ2v) is 7.90. The Hall–Kier alpha value is -1.58. The van der Waals surface area contributed by atoms with E-state index in [0.717, 1.165) is 21.4 Å². The minimum Gasteiger partial charge on any atom is -0.365 e. The molecule has 0 saturated carbocycles. The first-order valence-electron chi connectivity index (χ1n) is 7.85. The van der Waals surface area contributed by atoms with Gasteiger partial charge in [0.15, 0.2) is 0 Å². The number of anilines is 1. The van der Waals surface area contributed by atoms with Crippen molar-refractivity contribution in [2.45, 2.75) is 26.3 Å². The topological polar surface area (TPSA) is 15.6 Å². The molecule has 3 rings (SSSR count). The van der Waals surface area contributed by atoms with Gasteiger partial charge in [-0.15, -0.1) is 0 Å². The maximum atomic E-state index is 6.52. The standard InChI is InChI=1S/C20H20BrClN2/c1-13-11-20(2,3)24(4)19-10-17(22)14(9-15(13)19)12-23-18-8-6-5-7-16(18)21/h5-12H,1-4H3. The molecule has 2 aromatic carbocycles. The molecule has 0 radical (unpaired) electrons. The van der Waals surface area contributed by atoms with Gasteiger partial charge in [-0.05, 0) is 66.5 Å². The van der Waals surface area contributed by atoms with Gasteiger partial charge >= 0.3 is 0 Å². The average Bonchev–Trinajstić information content (AvgIpc) is 2.52. The normalized spacial score (nSPS) is 16.2. The van der Waals surface area contributed by atoms with E-state index < -0.39 is 0 Å². The zero-order valence-electron chi connectivity index (χ0n) is 14.3. The molecule has 0 fully saturated rings. The van der Waals surface area contributed by atoms with Gasteiger partial charge in [-0.3, -0.25) is 4.99 Å². The Balaban J connectivity index is 2.04. The van der Waals surface area contributed by atoms with Crippen LogP contribution in [0.3, 0.4) is 0 Å². The third kappa shape index (κ3) is 3.15. The molecule has 1 heterocycles. The van der Waals surface area contributed by atoms with E-state index in [0.29, 0.717) is 5.02 Å². The largest absolute Gasteiger partial charge is 0.365 e. The summed E-state index contributed by atoms with van der Waals surface area (Å²) in [6.45, 7) is 6.56. The first-order valence-corrected chi connectivity index (χ1v) is 9.02. The summed E-state index contributed by atoms with van der Waals surface area (Å²) >= 11 is 10.0. The van der Waals surface area contributed by atoms with Crippen molar-refractivity contribution in [3.05, 3.63) is 63.1 Å². The van der Waals surface area contributed by atoms with Crippen molar-refractivity contribution < 1.29 is 0 Å². The summed E-state index contributed by atoms with van der Waals surface area (Å²) in [6.07, 6.45) is 4.12. The summed E-state index contributed by atoms with van der Waals surface area (Å²) in [5.41, 5.74) is 5.41. The minimum atomic E-state index is -0.0229. The van der Waals surface area contributed by atoms with E-state index in [4.69, 9.17) is 11.6 Å². The zero-order chi connectivity index (χ0) is 17.5. The number of allylic oxidation sites excluding steroid dienone is 1. The lowest BCUT2D eigenvalue weighted by Crippen LogP contribution is -2.42. The van der Waals surface area contributed by atoms with Gasteiger partial charge in [-0.1, -0.05) is 29.8 Å². The fourth-order valence-electron chi connectivity index (χ4n) is 2.98. The summed E-state index contributed by atoms with van der Waals surface area (Å²) in [5, 5.41) is 0.710. The van der Waals surface area contributed by atoms with Gasteiger partial charge in [-0.25, -0.2) is 0 Å². The first kappa shape index (κ1) is 17.2. The number of nitrogens with zero attached hydrogens (tertiary/aromatic N) is 2. The Labute approximate surface area is 157 Å². The van der Waals surface area contributed by atoms with Crippen LogP contribution in [-0.2, 0) is 0 Å². The van der Waals surface area contributed by atoms with Crippen molar-refractivity contribution >= 4 is 50.7 Å². The first-order chi connectivity index (χ1) is 11.3. The SMILES string of the molecule is CC1=CC(C)(C)N(C)c2cc(Cl)c(C=Nc3ccccc3Br)cc21. The van der Waals surface area contributed by atoms with Gasteiger partial charge in [0.25, 0.3) is 0 Å². The smallest absolute Gasteiger partial charge is 0.0771 e. The number of hydrogen-bond acceptors (Lipinski definition) is 2. The van der Waals surface area contributed by atoms with Crippen LogP contribution in [0.2, 0.25) is 5.02 Å². The molecule has 0 spiro atoms. The Morgan fingerprint density at radius 2 is 1.92 bits per heavy atom. The van der Waals surface area contributed by atoms with Crippen molar-refractivity contribution in [1.82, 2.24) is 0 Å². The van der Waals surface area contributed by atoms with E-state index in [9.17, 15) is 0 Å². The van der Waals surface area contributed by atoms with Gasteiger partial charge in [0.1, 0.15) is 0 Å². The van der Waals surface area contributed by atoms with Crippen molar-refractivity contribution in [2.75, 3.05) is 11.9 Å². The highest BCUT2D eigenvalue weighted by molar-refractivity contribution is 9.10. The number of aliphatic imine (C=N–C) groups is 1. The van der Waals surface area contributed by atoms with Crippen LogP contribution in [0.1, 0.15) is 31.9 Å². The fraction of sp³-hybridized carbons (Fsp3) is 0.250. The van der Waals surface area contributed by atoms with E-state index in [1.165, 1.54) is 11.1 Å². The van der Waals surface area contributed by atoms with E-state index in [2.05, 4.69) is 65.8 Å². The highest BCUT2D eigenvalue weighted by Crippen LogP contribution is 2.40. The lowest BCUT2D eigenvalue weighted by Gasteiger charge is -2.40. The Bertz CT molecular complexity index is 853. The molecule has 0 aromatic heterocycles. The van der Waals surface area contributed by atoms with Crippen LogP contribution < -0.4 is 4.90 Å². The Morgan fingerprint density at radius 3 is 2.62 bits per heavy atom. The highest BCUT2D eigenvalue weighted by Gasteiger charge is 2.29. The molecule has 0 bridgehead atoms. The van der Waals surface area contributed by atoms with Crippen LogP contribution in [0.5, 0.6) is 0 Å². The predicted molar refractivity (Wildman–Crippen MR) is 109 cm³/mol. The average molecular weight is 404 g/mol. The lowest BCUT2D eigenvalue weighted by atomic mass is 9.88. The van der Waals surface area contributed by atoms with Crippen molar-refractivity contribution in [3.8, 4) is 0 Å². The molecule has 0 N–H and O–H groups in total. The molecule has 4 heteroatoms. The third-order valence-electron chi connectivity index (χ3n) is 4.53. The Morgan fingerprint density at radius 1 is 1.21 bits per heavy atom. The molecule has 0 saturated heterocycles. The monoisotopic (exact) mass is 402 g/mol. The number of halogens is 2. The van der Waals surface area contributed by atoms with Crippen LogP contribution in [0.15, 0.2) is 51.9 Å². The molecule has 124 valence electrons. The maximum Gasteiger partial charge on any atom is 0.0771 e. The molecular formula is C20H20BrClN2. The molecule has 0 unspecified atom stereocenters. The van der Waals surface area contributed by atoms with Crippen molar-refractivity contribution in [2.24, 2.45) is 4.99 Å². The van der Waals surface area contributed by atoms with Gasteiger partial charge in [0, 0.05) is 34.5 Å². The minimum absolute atomic E-state index is 0.0229. The van der Waals surface area contributed by atoms with E-state index >= 15 is 0 Å². The van der Waals surface area contributed by atoms with E-state index in [-0.39, 0.29) is 5.54 Å². The Kier molecular flexibility index (Phi) is 4.58. The van der Waals surface area contributed by atoms with Crippen LogP contribution in [0.25, 0.3) is 5.57 Å². The van der Waals surface area contributed by atoms with Crippen LogP contribution >= 0.6 is 27.5 Å². The van der Waals surface area contributed by atoms with Gasteiger partial charge in [0.2, 0.25) is 0 Å². The fourth-order valence-corrected chi connectivity index (χ4v) is 3.58. The molecule has 2 nitrogen and oxygen atoms in total. The molecular weight excluding hydrogens is 384 g/mol. The molecule has 0 aliphatic carbocycles. The number of benzene rings is 2. The number of likely N-dealkylation sites (N-methyl/N-ethyl adjacent to an activating group) is 1. The lowest BCUT2D eigenvalue weighted by molar-refractivity contribution is 0.598. The summed E-state index contributed by atoms with van der Waals surface area (Å²) in [7, 11) is 2.10. The number of para-hydroxylation sites is 1. The molecule has 0 atom stereocenters. The summed E-state index contributed by atoms with van der Waals surface area (Å²) in [6, 6.07) is 12.0. The second kappa shape index (κ2) is 6.38. The van der Waals surface area contributed by atoms with Crippen LogP contribution in [-0.4, -0.2) is 18.8 Å². The van der Waals surface area contributed by atoms with Crippen molar-refractivity contribution in [1.29, 1.82) is 0 Å². The number of hydrogen-bond donors (Lipinski definition) is 0. The van der Waals surface area contributed by atoms with Crippen LogP contribution in [0.4, 0.5) is 11.4 Å². The van der Waals surface area contributed by atoms with E-state index in [1.54, 1.807) is 0 Å². The molecule has 1 aliphatic heterocycles. The number of rotatable bonds is 2.